The summed E-state index contributed by atoms with van der Waals surface area (Å²) in [6.07, 6.45) is 1.54. The van der Waals surface area contributed by atoms with Crippen LogP contribution in [-0.4, -0.2) is 38.4 Å². The van der Waals surface area contributed by atoms with Crippen LogP contribution in [0.2, 0.25) is 0 Å². The first-order chi connectivity index (χ1) is 14.4. The molecule has 0 unspecified atom stereocenters. The number of hydrogen-bond acceptors (Lipinski definition) is 6. The van der Waals surface area contributed by atoms with Crippen LogP contribution in [0.25, 0.3) is 22.2 Å². The van der Waals surface area contributed by atoms with E-state index in [1.54, 1.807) is 30.5 Å². The SMILES string of the molecule is CC(C)CNC(=O)c1c(N)n(/N=C/c2cccc(O)c2)c2nc3ccccc3nc12. The van der Waals surface area contributed by atoms with Gasteiger partial charge in [-0.15, -0.1) is 0 Å². The summed E-state index contributed by atoms with van der Waals surface area (Å²) in [6, 6.07) is 14.1. The van der Waals surface area contributed by atoms with Crippen LogP contribution in [0.5, 0.6) is 5.75 Å². The fraction of sp³-hybridized carbons (Fsp3) is 0.182. The second-order valence-electron chi connectivity index (χ2n) is 7.40. The minimum absolute atomic E-state index is 0.129. The molecule has 2 heterocycles. The van der Waals surface area contributed by atoms with Crippen molar-refractivity contribution < 1.29 is 9.90 Å². The first-order valence-electron chi connectivity index (χ1n) is 9.62. The van der Waals surface area contributed by atoms with Crippen LogP contribution in [0.3, 0.4) is 0 Å². The van der Waals surface area contributed by atoms with Crippen molar-refractivity contribution in [1.82, 2.24) is 20.0 Å². The summed E-state index contributed by atoms with van der Waals surface area (Å²) in [6.45, 7) is 4.54. The number of para-hydroxylation sites is 2. The average molecular weight is 402 g/mol. The molecule has 152 valence electrons. The largest absolute Gasteiger partial charge is 0.508 e. The first-order valence-corrected chi connectivity index (χ1v) is 9.62. The van der Waals surface area contributed by atoms with Gasteiger partial charge in [-0.05, 0) is 35.7 Å². The molecule has 0 saturated heterocycles. The number of phenols is 1. The van der Waals surface area contributed by atoms with Gasteiger partial charge in [-0.1, -0.05) is 38.1 Å². The molecule has 4 rings (SSSR count). The third-order valence-electron chi connectivity index (χ3n) is 4.56. The van der Waals surface area contributed by atoms with Crippen molar-refractivity contribution in [3.05, 3.63) is 59.7 Å². The fourth-order valence-electron chi connectivity index (χ4n) is 3.10. The normalized spacial score (nSPS) is 11.7. The molecule has 0 bridgehead atoms. The van der Waals surface area contributed by atoms with E-state index in [0.717, 1.165) is 0 Å². The number of aromatic nitrogens is 3. The number of phenolic OH excluding ortho intramolecular Hbond substituents is 1. The topological polar surface area (TPSA) is 118 Å². The molecule has 0 aliphatic carbocycles. The Morgan fingerprint density at radius 1 is 1.20 bits per heavy atom. The van der Waals surface area contributed by atoms with Crippen LogP contribution in [0.1, 0.15) is 29.8 Å². The smallest absolute Gasteiger partial charge is 0.257 e. The van der Waals surface area contributed by atoms with Crippen molar-refractivity contribution in [1.29, 1.82) is 0 Å². The van der Waals surface area contributed by atoms with Gasteiger partial charge in [0.05, 0.1) is 17.2 Å². The van der Waals surface area contributed by atoms with E-state index >= 15 is 0 Å². The Hall–Kier alpha value is -3.94. The standard InChI is InChI=1S/C22H22N6O2/c1-13(2)11-24-22(30)18-19-21(27-17-9-4-3-8-16(17)26-19)28(20(18)23)25-12-14-6-5-7-15(29)10-14/h3-10,12-13,29H,11,23H2,1-2H3,(H,24,30)/b25-12+. The van der Waals surface area contributed by atoms with Crippen LogP contribution in [0, 0.1) is 5.92 Å². The molecule has 8 heteroatoms. The van der Waals surface area contributed by atoms with Crippen LogP contribution in [-0.2, 0) is 0 Å². The number of amides is 1. The fourth-order valence-corrected chi connectivity index (χ4v) is 3.10. The quantitative estimate of drug-likeness (QED) is 0.443. The van der Waals surface area contributed by atoms with Crippen molar-refractivity contribution in [2.45, 2.75) is 13.8 Å². The predicted octanol–water partition coefficient (Wildman–Crippen LogP) is 3.14. The summed E-state index contributed by atoms with van der Waals surface area (Å²) in [5, 5.41) is 17.0. The number of rotatable bonds is 5. The average Bonchev–Trinajstić information content (AvgIpc) is 2.99. The Balaban J connectivity index is 1.89. The Bertz CT molecular complexity index is 1280. The maximum atomic E-state index is 12.9. The molecule has 30 heavy (non-hydrogen) atoms. The number of nitrogens with zero attached hydrogens (tertiary/aromatic N) is 4. The number of carbonyl (C=O) groups excluding carboxylic acids is 1. The van der Waals surface area contributed by atoms with Gasteiger partial charge < -0.3 is 16.2 Å². The number of aromatic hydroxyl groups is 1. The molecule has 0 spiro atoms. The van der Waals surface area contributed by atoms with Crippen LogP contribution in [0.15, 0.2) is 53.6 Å². The molecular weight excluding hydrogens is 380 g/mol. The van der Waals surface area contributed by atoms with Gasteiger partial charge in [0.2, 0.25) is 0 Å². The Morgan fingerprint density at radius 2 is 1.93 bits per heavy atom. The van der Waals surface area contributed by atoms with E-state index in [9.17, 15) is 9.90 Å². The van der Waals surface area contributed by atoms with Gasteiger partial charge in [0.25, 0.3) is 5.91 Å². The van der Waals surface area contributed by atoms with Gasteiger partial charge in [0.1, 0.15) is 22.6 Å². The number of nitrogens with one attached hydrogen (secondary N) is 1. The molecule has 8 nitrogen and oxygen atoms in total. The number of nitrogen functional groups attached to an aromatic ring is 1. The summed E-state index contributed by atoms with van der Waals surface area (Å²) in [5.41, 5.74) is 9.37. The van der Waals surface area contributed by atoms with E-state index in [-0.39, 0.29) is 23.0 Å². The second kappa shape index (κ2) is 7.82. The van der Waals surface area contributed by atoms with E-state index in [1.807, 2.05) is 38.1 Å². The lowest BCUT2D eigenvalue weighted by molar-refractivity contribution is 0.0951. The van der Waals surface area contributed by atoms with E-state index in [1.165, 1.54) is 4.68 Å². The van der Waals surface area contributed by atoms with Gasteiger partial charge in [0, 0.05) is 6.54 Å². The van der Waals surface area contributed by atoms with Crippen LogP contribution < -0.4 is 11.1 Å². The molecule has 0 saturated carbocycles. The van der Waals surface area contributed by atoms with Gasteiger partial charge >= 0.3 is 0 Å². The third-order valence-corrected chi connectivity index (χ3v) is 4.56. The zero-order valence-corrected chi connectivity index (χ0v) is 16.7. The molecule has 0 aliphatic rings. The number of benzene rings is 2. The molecular formula is C22H22N6O2. The van der Waals surface area contributed by atoms with Gasteiger partial charge in [-0.3, -0.25) is 4.79 Å². The minimum atomic E-state index is -0.318. The van der Waals surface area contributed by atoms with Gasteiger partial charge in [-0.2, -0.15) is 9.78 Å². The minimum Gasteiger partial charge on any atom is -0.508 e. The summed E-state index contributed by atoms with van der Waals surface area (Å²) in [7, 11) is 0. The van der Waals surface area contributed by atoms with Crippen molar-refractivity contribution in [2.75, 3.05) is 12.3 Å². The Kier molecular flexibility index (Phi) is 5.05. The number of fused-ring (bicyclic) bond motifs is 2. The molecule has 2 aromatic carbocycles. The molecule has 4 aromatic rings. The lowest BCUT2D eigenvalue weighted by atomic mass is 10.2. The highest BCUT2D eigenvalue weighted by molar-refractivity contribution is 6.10. The highest BCUT2D eigenvalue weighted by Gasteiger charge is 2.24. The summed E-state index contributed by atoms with van der Waals surface area (Å²) < 4.78 is 1.41. The Morgan fingerprint density at radius 3 is 2.63 bits per heavy atom. The van der Waals surface area contributed by atoms with Crippen LogP contribution >= 0.6 is 0 Å². The lowest BCUT2D eigenvalue weighted by Crippen LogP contribution is -2.28. The first kappa shape index (κ1) is 19.4. The zero-order chi connectivity index (χ0) is 21.3. The summed E-state index contributed by atoms with van der Waals surface area (Å²) >= 11 is 0. The molecule has 4 N–H and O–H groups in total. The number of hydrogen-bond donors (Lipinski definition) is 3. The van der Waals surface area contributed by atoms with Gasteiger partial charge in [-0.25, -0.2) is 9.97 Å². The monoisotopic (exact) mass is 402 g/mol. The molecule has 0 atom stereocenters. The highest BCUT2D eigenvalue weighted by atomic mass is 16.3. The van der Waals surface area contributed by atoms with Crippen molar-refractivity contribution in [2.24, 2.45) is 11.0 Å². The van der Waals surface area contributed by atoms with Crippen molar-refractivity contribution in [3.63, 3.8) is 0 Å². The molecule has 0 radical (unpaired) electrons. The second-order valence-corrected chi connectivity index (χ2v) is 7.40. The lowest BCUT2D eigenvalue weighted by Gasteiger charge is -2.07. The summed E-state index contributed by atoms with van der Waals surface area (Å²) in [5.74, 6) is 0.253. The highest BCUT2D eigenvalue weighted by Crippen LogP contribution is 2.28. The van der Waals surface area contributed by atoms with E-state index < -0.39 is 0 Å². The molecule has 2 aromatic heterocycles. The molecule has 0 aliphatic heterocycles. The zero-order valence-electron chi connectivity index (χ0n) is 16.7. The predicted molar refractivity (Wildman–Crippen MR) is 118 cm³/mol. The Labute approximate surface area is 173 Å². The van der Waals surface area contributed by atoms with Crippen molar-refractivity contribution in [3.8, 4) is 5.75 Å². The number of carbonyl (C=O) groups is 1. The van der Waals surface area contributed by atoms with Gasteiger partial charge in [0.15, 0.2) is 5.65 Å². The van der Waals surface area contributed by atoms with E-state index in [4.69, 9.17) is 5.73 Å². The van der Waals surface area contributed by atoms with Crippen LogP contribution in [0.4, 0.5) is 5.82 Å². The van der Waals surface area contributed by atoms with E-state index in [0.29, 0.717) is 40.2 Å². The van der Waals surface area contributed by atoms with E-state index in [2.05, 4.69) is 20.4 Å². The summed E-state index contributed by atoms with van der Waals surface area (Å²) in [4.78, 5) is 22.2. The van der Waals surface area contributed by atoms with Crippen molar-refractivity contribution >= 4 is 40.1 Å². The number of anilines is 1. The molecule has 1 amide bonds. The molecule has 0 fully saturated rings. The third kappa shape index (κ3) is 3.67. The number of nitrogens with two attached hydrogens (primary N) is 1. The maximum Gasteiger partial charge on any atom is 0.257 e. The maximum absolute atomic E-state index is 12.9.